The van der Waals surface area contributed by atoms with Crippen molar-refractivity contribution in [1.82, 2.24) is 5.32 Å². The normalized spacial score (nSPS) is 14.6. The summed E-state index contributed by atoms with van der Waals surface area (Å²) in [6, 6.07) is 9.84. The first-order valence-electron chi connectivity index (χ1n) is 6.52. The molecular weight excluding hydrogens is 272 g/mol. The molecule has 4 nitrogen and oxygen atoms in total. The summed E-state index contributed by atoms with van der Waals surface area (Å²) >= 11 is 1.42. The molecule has 3 rings (SSSR count). The first-order valence-corrected chi connectivity index (χ1v) is 7.40. The zero-order valence-corrected chi connectivity index (χ0v) is 12.1. The molecule has 0 aliphatic carbocycles. The van der Waals surface area contributed by atoms with Gasteiger partial charge in [-0.1, -0.05) is 18.2 Å². The fourth-order valence-electron chi connectivity index (χ4n) is 2.34. The van der Waals surface area contributed by atoms with Crippen LogP contribution in [0.25, 0.3) is 0 Å². The fourth-order valence-corrected chi connectivity index (χ4v) is 3.14. The van der Waals surface area contributed by atoms with Gasteiger partial charge in [0.1, 0.15) is 5.75 Å². The highest BCUT2D eigenvalue weighted by Crippen LogP contribution is 2.27. The molecule has 0 bridgehead atoms. The summed E-state index contributed by atoms with van der Waals surface area (Å²) in [5.74, 6) is 0.772. The average Bonchev–Trinajstić information content (AvgIpc) is 2.86. The monoisotopic (exact) mass is 288 g/mol. The lowest BCUT2D eigenvalue weighted by molar-refractivity contribution is 0.0991. The number of amides is 1. The van der Waals surface area contributed by atoms with Crippen LogP contribution in [0.5, 0.6) is 5.75 Å². The van der Waals surface area contributed by atoms with Crippen LogP contribution in [-0.2, 0) is 6.54 Å². The van der Waals surface area contributed by atoms with E-state index in [2.05, 4.69) is 11.4 Å². The van der Waals surface area contributed by atoms with Gasteiger partial charge in [0, 0.05) is 36.8 Å². The van der Waals surface area contributed by atoms with Crippen LogP contribution in [0, 0.1) is 0 Å². The number of thiophene rings is 1. The standard InChI is InChI=1S/C15H16N2O2S/c1-19-12-8-14(20-10-12)15(18)17-7-6-16-9-11-4-2-3-5-13(11)17/h2-5,8,10,16H,6-7,9H2,1H3. The number of carbonyl (C=O) groups is 1. The summed E-state index contributed by atoms with van der Waals surface area (Å²) in [4.78, 5) is 15.3. The van der Waals surface area contributed by atoms with Crippen molar-refractivity contribution in [2.75, 3.05) is 25.1 Å². The number of benzene rings is 1. The van der Waals surface area contributed by atoms with Crippen LogP contribution in [0.3, 0.4) is 0 Å². The number of carbonyl (C=O) groups excluding carboxylic acids is 1. The number of hydrogen-bond donors (Lipinski definition) is 1. The van der Waals surface area contributed by atoms with E-state index in [0.717, 1.165) is 30.1 Å². The molecule has 2 aromatic rings. The van der Waals surface area contributed by atoms with Crippen molar-refractivity contribution in [3.05, 3.63) is 46.2 Å². The van der Waals surface area contributed by atoms with Gasteiger partial charge in [-0.05, 0) is 11.6 Å². The quantitative estimate of drug-likeness (QED) is 0.923. The molecule has 0 spiro atoms. The van der Waals surface area contributed by atoms with E-state index in [0.29, 0.717) is 11.4 Å². The number of hydrogen-bond acceptors (Lipinski definition) is 4. The Morgan fingerprint density at radius 2 is 2.25 bits per heavy atom. The second-order valence-electron chi connectivity index (χ2n) is 4.61. The lowest BCUT2D eigenvalue weighted by atomic mass is 10.1. The molecule has 1 amide bonds. The summed E-state index contributed by atoms with van der Waals surface area (Å²) in [5, 5.41) is 5.20. The maximum atomic E-state index is 12.7. The molecule has 2 heterocycles. The van der Waals surface area contributed by atoms with Gasteiger partial charge in [0.15, 0.2) is 0 Å². The van der Waals surface area contributed by atoms with E-state index in [9.17, 15) is 4.79 Å². The van der Waals surface area contributed by atoms with Gasteiger partial charge in [-0.3, -0.25) is 4.79 Å². The zero-order chi connectivity index (χ0) is 13.9. The van der Waals surface area contributed by atoms with Crippen molar-refractivity contribution in [1.29, 1.82) is 0 Å². The molecule has 20 heavy (non-hydrogen) atoms. The molecule has 104 valence electrons. The highest BCUT2D eigenvalue weighted by Gasteiger charge is 2.23. The smallest absolute Gasteiger partial charge is 0.268 e. The molecular formula is C15H16N2O2S. The minimum atomic E-state index is 0.0365. The number of methoxy groups -OCH3 is 1. The Labute approximate surface area is 122 Å². The van der Waals surface area contributed by atoms with Gasteiger partial charge in [0.2, 0.25) is 0 Å². The van der Waals surface area contributed by atoms with Gasteiger partial charge >= 0.3 is 0 Å². The Bertz CT molecular complexity index is 624. The average molecular weight is 288 g/mol. The van der Waals surface area contributed by atoms with Crippen molar-refractivity contribution in [2.45, 2.75) is 6.54 Å². The first kappa shape index (κ1) is 13.1. The Morgan fingerprint density at radius 3 is 3.05 bits per heavy atom. The molecule has 0 unspecified atom stereocenters. The van der Waals surface area contributed by atoms with E-state index in [4.69, 9.17) is 4.74 Å². The van der Waals surface area contributed by atoms with Crippen LogP contribution < -0.4 is 15.0 Å². The van der Waals surface area contributed by atoms with Crippen molar-refractivity contribution < 1.29 is 9.53 Å². The predicted molar refractivity (Wildman–Crippen MR) is 80.7 cm³/mol. The molecule has 1 aliphatic rings. The third kappa shape index (κ3) is 2.42. The van der Waals surface area contributed by atoms with E-state index in [1.165, 1.54) is 11.3 Å². The number of ether oxygens (including phenoxy) is 1. The second kappa shape index (κ2) is 5.64. The maximum absolute atomic E-state index is 12.7. The van der Waals surface area contributed by atoms with Gasteiger partial charge in [-0.25, -0.2) is 0 Å². The van der Waals surface area contributed by atoms with E-state index in [1.54, 1.807) is 13.2 Å². The van der Waals surface area contributed by atoms with Crippen LogP contribution in [-0.4, -0.2) is 26.1 Å². The number of nitrogens with one attached hydrogen (secondary N) is 1. The minimum Gasteiger partial charge on any atom is -0.496 e. The van der Waals surface area contributed by atoms with Gasteiger partial charge in [-0.15, -0.1) is 11.3 Å². The molecule has 1 aromatic carbocycles. The molecule has 1 N–H and O–H groups in total. The summed E-state index contributed by atoms with van der Waals surface area (Å²) in [6.07, 6.45) is 0. The van der Waals surface area contributed by atoms with E-state index in [-0.39, 0.29) is 5.91 Å². The topological polar surface area (TPSA) is 41.6 Å². The van der Waals surface area contributed by atoms with Crippen molar-refractivity contribution in [3.8, 4) is 5.75 Å². The fraction of sp³-hybridized carbons (Fsp3) is 0.267. The Hall–Kier alpha value is -1.85. The molecule has 0 atom stereocenters. The second-order valence-corrected chi connectivity index (χ2v) is 5.52. The maximum Gasteiger partial charge on any atom is 0.268 e. The van der Waals surface area contributed by atoms with Crippen LogP contribution in [0.1, 0.15) is 15.2 Å². The first-order chi connectivity index (χ1) is 9.79. The van der Waals surface area contributed by atoms with Gasteiger partial charge < -0.3 is 15.0 Å². The molecule has 0 saturated carbocycles. The number of anilines is 1. The van der Waals surface area contributed by atoms with Crippen molar-refractivity contribution >= 4 is 22.9 Å². The van der Waals surface area contributed by atoms with Crippen LogP contribution in [0.15, 0.2) is 35.7 Å². The molecule has 1 aromatic heterocycles. The van der Waals surface area contributed by atoms with Crippen LogP contribution in [0.2, 0.25) is 0 Å². The van der Waals surface area contributed by atoms with Crippen LogP contribution in [0.4, 0.5) is 5.69 Å². The zero-order valence-electron chi connectivity index (χ0n) is 11.3. The van der Waals surface area contributed by atoms with Gasteiger partial charge in [0.05, 0.1) is 12.0 Å². The lowest BCUT2D eigenvalue weighted by Gasteiger charge is -2.21. The highest BCUT2D eigenvalue weighted by molar-refractivity contribution is 7.12. The number of nitrogens with zero attached hydrogens (tertiary/aromatic N) is 1. The van der Waals surface area contributed by atoms with Crippen LogP contribution >= 0.6 is 11.3 Å². The summed E-state index contributed by atoms with van der Waals surface area (Å²) < 4.78 is 5.15. The predicted octanol–water partition coefficient (Wildman–Crippen LogP) is 2.51. The molecule has 0 fully saturated rings. The van der Waals surface area contributed by atoms with E-state index in [1.807, 2.05) is 28.5 Å². The van der Waals surface area contributed by atoms with Crippen molar-refractivity contribution in [3.63, 3.8) is 0 Å². The largest absolute Gasteiger partial charge is 0.496 e. The Kier molecular flexibility index (Phi) is 3.71. The molecule has 0 radical (unpaired) electrons. The van der Waals surface area contributed by atoms with Gasteiger partial charge in [0.25, 0.3) is 5.91 Å². The van der Waals surface area contributed by atoms with E-state index < -0.39 is 0 Å². The van der Waals surface area contributed by atoms with Crippen molar-refractivity contribution in [2.24, 2.45) is 0 Å². The number of rotatable bonds is 2. The lowest BCUT2D eigenvalue weighted by Crippen LogP contribution is -2.34. The Morgan fingerprint density at radius 1 is 1.40 bits per heavy atom. The third-order valence-electron chi connectivity index (χ3n) is 3.38. The number of para-hydroxylation sites is 1. The SMILES string of the molecule is COc1csc(C(=O)N2CCNCc3ccccc32)c1. The summed E-state index contributed by atoms with van der Waals surface area (Å²) in [5.41, 5.74) is 2.15. The van der Waals surface area contributed by atoms with Gasteiger partial charge in [-0.2, -0.15) is 0 Å². The summed E-state index contributed by atoms with van der Waals surface area (Å²) in [6.45, 7) is 2.27. The Balaban J connectivity index is 1.94. The number of fused-ring (bicyclic) bond motifs is 1. The molecule has 0 saturated heterocycles. The summed E-state index contributed by atoms with van der Waals surface area (Å²) in [7, 11) is 1.61. The third-order valence-corrected chi connectivity index (χ3v) is 4.27. The molecule has 1 aliphatic heterocycles. The highest BCUT2D eigenvalue weighted by atomic mass is 32.1. The minimum absolute atomic E-state index is 0.0365. The van der Waals surface area contributed by atoms with E-state index >= 15 is 0 Å². The molecule has 5 heteroatoms.